The zero-order valence-corrected chi connectivity index (χ0v) is 24.6. The summed E-state index contributed by atoms with van der Waals surface area (Å²) >= 11 is 1.50. The fraction of sp³-hybridized carbons (Fsp3) is 0.552. The van der Waals surface area contributed by atoms with Gasteiger partial charge in [-0.2, -0.15) is 11.8 Å². The Hall–Kier alpha value is -2.86. The lowest BCUT2D eigenvalue weighted by atomic mass is 9.57. The predicted molar refractivity (Wildman–Crippen MR) is 153 cm³/mol. The van der Waals surface area contributed by atoms with Gasteiger partial charge in [0.05, 0.1) is 11.6 Å². The number of primary amides is 1. The van der Waals surface area contributed by atoms with E-state index in [2.05, 4.69) is 26.1 Å². The fourth-order valence-corrected chi connectivity index (χ4v) is 6.98. The summed E-state index contributed by atoms with van der Waals surface area (Å²) in [5, 5.41) is 49.0. The Morgan fingerprint density at radius 3 is 2.40 bits per heavy atom. The first-order valence-electron chi connectivity index (χ1n) is 13.3. The molecule has 1 aromatic rings. The molecule has 0 spiro atoms. The van der Waals surface area contributed by atoms with Crippen molar-refractivity contribution in [3.8, 4) is 5.75 Å². The molecule has 1 saturated carbocycles. The van der Waals surface area contributed by atoms with Gasteiger partial charge in [-0.1, -0.05) is 20.8 Å². The van der Waals surface area contributed by atoms with E-state index in [0.717, 1.165) is 12.1 Å². The van der Waals surface area contributed by atoms with Crippen LogP contribution in [0.15, 0.2) is 23.0 Å². The van der Waals surface area contributed by atoms with Crippen LogP contribution in [-0.2, 0) is 33.1 Å². The molecule has 40 heavy (non-hydrogen) atoms. The molecule has 4 unspecified atom stereocenters. The number of hydrogen-bond donors (Lipinski definition) is 6. The lowest BCUT2D eigenvalue weighted by Crippen LogP contribution is -2.65. The molecule has 218 valence electrons. The number of aliphatic hydroxyl groups excluding tert-OH is 2. The molecule has 1 amide bonds. The van der Waals surface area contributed by atoms with E-state index < -0.39 is 58.0 Å². The Labute approximate surface area is 238 Å². The normalized spacial score (nSPS) is 26.6. The van der Waals surface area contributed by atoms with E-state index in [1.807, 2.05) is 12.3 Å². The minimum atomic E-state index is -2.64. The van der Waals surface area contributed by atoms with Crippen molar-refractivity contribution in [2.75, 3.05) is 26.9 Å². The van der Waals surface area contributed by atoms with Gasteiger partial charge in [-0.05, 0) is 61.7 Å². The van der Waals surface area contributed by atoms with E-state index in [1.54, 1.807) is 14.1 Å². The third-order valence-corrected chi connectivity index (χ3v) is 8.76. The molecular weight excluding hydrogens is 534 g/mol. The predicted octanol–water partition coefficient (Wildman–Crippen LogP) is 1.96. The first kappa shape index (κ1) is 30.1. The van der Waals surface area contributed by atoms with Crippen LogP contribution in [0.1, 0.15) is 49.4 Å². The first-order chi connectivity index (χ1) is 18.6. The second-order valence-electron chi connectivity index (χ2n) is 12.5. The highest BCUT2D eigenvalue weighted by atomic mass is 32.2. The molecule has 0 aliphatic heterocycles. The summed E-state index contributed by atoms with van der Waals surface area (Å²) in [5.74, 6) is -5.95. The Balaban J connectivity index is 1.91. The smallest absolute Gasteiger partial charge is 0.255 e. The maximum atomic E-state index is 14.0. The molecule has 0 saturated heterocycles. The lowest BCUT2D eigenvalue weighted by molar-refractivity contribution is -0.153. The van der Waals surface area contributed by atoms with Gasteiger partial charge in [-0.25, -0.2) is 0 Å². The quantitative estimate of drug-likeness (QED) is 0.265. The number of aromatic hydroxyl groups is 1. The third kappa shape index (κ3) is 4.72. The number of thioether (sulfide) groups is 1. The zero-order chi connectivity index (χ0) is 29.9. The number of nitrogens with zero attached hydrogens (tertiary/aromatic N) is 1. The largest absolute Gasteiger partial charge is 0.508 e. The average molecular weight is 574 g/mol. The molecule has 0 bridgehead atoms. The van der Waals surface area contributed by atoms with Crippen molar-refractivity contribution in [1.82, 2.24) is 10.2 Å². The number of nitrogens with two attached hydrogens (primary N) is 1. The minimum absolute atomic E-state index is 0.0303. The maximum Gasteiger partial charge on any atom is 0.255 e. The van der Waals surface area contributed by atoms with Crippen molar-refractivity contribution in [2.45, 2.75) is 57.6 Å². The maximum absolute atomic E-state index is 14.0. The molecule has 4 atom stereocenters. The standard InChI is InChI=1S/C29H39N3O7S/c1-28(2,3)12-31-10-14-7-15(11-40-6)22(33)19-16(14)8-13-9-17-21(32(4)5)24(35)20(27(30)38)26(37)29(17,39)25(36)18(13)23(19)34/h7,13,17,21,31,33-34,37,39H,8-12H2,1-6H3,(H2,30,38). The summed E-state index contributed by atoms with van der Waals surface area (Å²) in [6, 6.07) is 0.808. The van der Waals surface area contributed by atoms with E-state index in [4.69, 9.17) is 5.73 Å². The number of rotatable bonds is 7. The molecule has 10 nitrogen and oxygen atoms in total. The van der Waals surface area contributed by atoms with Gasteiger partial charge in [0.1, 0.15) is 22.8 Å². The molecule has 3 aliphatic carbocycles. The highest BCUT2D eigenvalue weighted by molar-refractivity contribution is 7.97. The van der Waals surface area contributed by atoms with Gasteiger partial charge < -0.3 is 31.5 Å². The van der Waals surface area contributed by atoms with E-state index in [-0.39, 0.29) is 35.1 Å². The molecule has 4 rings (SSSR count). The number of aliphatic hydroxyl groups is 3. The number of ketones is 2. The van der Waals surface area contributed by atoms with Crippen LogP contribution in [0.5, 0.6) is 5.75 Å². The van der Waals surface area contributed by atoms with Crippen molar-refractivity contribution in [3.05, 3.63) is 45.2 Å². The van der Waals surface area contributed by atoms with E-state index in [1.165, 1.54) is 16.7 Å². The summed E-state index contributed by atoms with van der Waals surface area (Å²) in [4.78, 5) is 40.9. The van der Waals surface area contributed by atoms with Gasteiger partial charge in [0.2, 0.25) is 5.78 Å². The number of Topliss-reactive ketones (excluding diaryl/α,β-unsaturated/α-hetero) is 2. The van der Waals surface area contributed by atoms with E-state index in [0.29, 0.717) is 23.4 Å². The van der Waals surface area contributed by atoms with Crippen LogP contribution in [0, 0.1) is 17.3 Å². The van der Waals surface area contributed by atoms with Crippen molar-refractivity contribution in [1.29, 1.82) is 0 Å². The van der Waals surface area contributed by atoms with Crippen LogP contribution in [0.4, 0.5) is 0 Å². The third-order valence-electron chi connectivity index (χ3n) is 8.16. The monoisotopic (exact) mass is 573 g/mol. The summed E-state index contributed by atoms with van der Waals surface area (Å²) < 4.78 is 0. The van der Waals surface area contributed by atoms with Gasteiger partial charge >= 0.3 is 0 Å². The number of fused-ring (bicyclic) bond motifs is 3. The molecule has 0 aromatic heterocycles. The topological polar surface area (TPSA) is 173 Å². The first-order valence-corrected chi connectivity index (χ1v) is 14.7. The molecule has 0 radical (unpaired) electrons. The number of benzene rings is 1. The van der Waals surface area contributed by atoms with Crippen LogP contribution < -0.4 is 11.1 Å². The van der Waals surface area contributed by atoms with Crippen LogP contribution in [0.2, 0.25) is 0 Å². The SMILES string of the molecule is CSCc1cc(CNCC(C)(C)C)c2c(c1O)C(O)=C1C(=O)C3(O)C(O)=C(C(N)=O)C(=O)C(N(C)C)C3CC1C2. The number of carbonyl (C=O) groups is 3. The zero-order valence-electron chi connectivity index (χ0n) is 23.8. The van der Waals surface area contributed by atoms with Gasteiger partial charge in [-0.15, -0.1) is 0 Å². The van der Waals surface area contributed by atoms with Gasteiger partial charge in [0.25, 0.3) is 5.91 Å². The summed E-state index contributed by atoms with van der Waals surface area (Å²) in [7, 11) is 3.16. The Morgan fingerprint density at radius 2 is 1.85 bits per heavy atom. The van der Waals surface area contributed by atoms with Crippen LogP contribution in [0.3, 0.4) is 0 Å². The highest BCUT2D eigenvalue weighted by Gasteiger charge is 2.64. The lowest BCUT2D eigenvalue weighted by Gasteiger charge is -2.50. The highest BCUT2D eigenvalue weighted by Crippen LogP contribution is 2.53. The number of nitrogens with one attached hydrogen (secondary N) is 1. The van der Waals surface area contributed by atoms with Gasteiger partial charge in [0.15, 0.2) is 11.4 Å². The molecule has 1 fully saturated rings. The number of phenols is 1. The minimum Gasteiger partial charge on any atom is -0.508 e. The van der Waals surface area contributed by atoms with Gasteiger partial charge in [-0.3, -0.25) is 19.3 Å². The molecule has 0 heterocycles. The second-order valence-corrected chi connectivity index (χ2v) is 13.3. The fourth-order valence-electron chi connectivity index (χ4n) is 6.45. The summed E-state index contributed by atoms with van der Waals surface area (Å²) in [5.41, 5.74) is 4.11. The average Bonchev–Trinajstić information content (AvgIpc) is 2.83. The number of carbonyl (C=O) groups excluding carboxylic acids is 3. The van der Waals surface area contributed by atoms with Crippen molar-refractivity contribution >= 4 is 35.0 Å². The number of likely N-dealkylation sites (N-methyl/N-ethyl adjacent to an activating group) is 1. The molecule has 3 aliphatic rings. The Bertz CT molecular complexity index is 1340. The molecular formula is C29H39N3O7S. The Morgan fingerprint density at radius 1 is 1.20 bits per heavy atom. The number of phenolic OH excluding ortho intramolecular Hbond substituents is 1. The van der Waals surface area contributed by atoms with E-state index in [9.17, 15) is 34.8 Å². The Kier molecular flexibility index (Phi) is 7.92. The second kappa shape index (κ2) is 10.5. The van der Waals surface area contributed by atoms with Crippen LogP contribution >= 0.6 is 11.8 Å². The van der Waals surface area contributed by atoms with Crippen molar-refractivity contribution in [2.24, 2.45) is 23.0 Å². The summed E-state index contributed by atoms with van der Waals surface area (Å²) in [6.45, 7) is 7.54. The van der Waals surface area contributed by atoms with E-state index >= 15 is 0 Å². The molecule has 11 heteroatoms. The van der Waals surface area contributed by atoms with Gasteiger partial charge in [0, 0.05) is 35.9 Å². The number of amides is 1. The summed E-state index contributed by atoms with van der Waals surface area (Å²) in [6.07, 6.45) is 2.23. The van der Waals surface area contributed by atoms with Crippen LogP contribution in [0.25, 0.3) is 5.76 Å². The van der Waals surface area contributed by atoms with Crippen LogP contribution in [-0.4, -0.2) is 81.3 Å². The van der Waals surface area contributed by atoms with Crippen molar-refractivity contribution < 1.29 is 34.8 Å². The van der Waals surface area contributed by atoms with Crippen molar-refractivity contribution in [3.63, 3.8) is 0 Å². The number of hydrogen-bond acceptors (Lipinski definition) is 10. The molecule has 1 aromatic carbocycles. The molecule has 7 N–H and O–H groups in total.